The Morgan fingerprint density at radius 3 is 2.44 bits per heavy atom. The summed E-state index contributed by atoms with van der Waals surface area (Å²) >= 11 is 0. The fraction of sp³-hybridized carbons (Fsp3) is 0.750. The van der Waals surface area contributed by atoms with E-state index in [1.54, 1.807) is 0 Å². The second-order valence-corrected chi connectivity index (χ2v) is 2.44. The van der Waals surface area contributed by atoms with Gasteiger partial charge in [-0.3, -0.25) is 0 Å². The standard InChI is InChI=1S/C8H14N/c1-4-5-6-7-8-9(2)3/h5-8H2,2-3H3. The smallest absolute Gasteiger partial charge is 0.00994 e. The molecule has 0 aliphatic rings. The Labute approximate surface area is 58.1 Å². The Kier molecular flexibility index (Phi) is 5.35. The van der Waals surface area contributed by atoms with Crippen LogP contribution in [-0.4, -0.2) is 25.5 Å². The first-order valence-corrected chi connectivity index (χ1v) is 3.31. The monoisotopic (exact) mass is 124 g/mol. The summed E-state index contributed by atoms with van der Waals surface area (Å²) in [6, 6.07) is 0. The van der Waals surface area contributed by atoms with Crippen LogP contribution in [0.3, 0.4) is 0 Å². The lowest BCUT2D eigenvalue weighted by molar-refractivity contribution is 0.395. The predicted molar refractivity (Wildman–Crippen MR) is 39.5 cm³/mol. The molecule has 0 amide bonds. The Balaban J connectivity index is 2.85. The van der Waals surface area contributed by atoms with Crippen LogP contribution in [0.5, 0.6) is 0 Å². The summed E-state index contributed by atoms with van der Waals surface area (Å²) < 4.78 is 0. The molecule has 0 aromatic carbocycles. The van der Waals surface area contributed by atoms with Gasteiger partial charge in [0, 0.05) is 6.42 Å². The number of hydrogen-bond acceptors (Lipinski definition) is 1. The van der Waals surface area contributed by atoms with Crippen LogP contribution in [-0.2, 0) is 0 Å². The average Bonchev–Trinajstić information content (AvgIpc) is 1.80. The maximum absolute atomic E-state index is 6.62. The highest BCUT2D eigenvalue weighted by atomic mass is 15.0. The van der Waals surface area contributed by atoms with Crippen molar-refractivity contribution in [2.45, 2.75) is 19.3 Å². The molecule has 0 aromatic heterocycles. The molecule has 0 unspecified atom stereocenters. The van der Waals surface area contributed by atoms with E-state index in [1.807, 2.05) is 0 Å². The van der Waals surface area contributed by atoms with E-state index in [0.29, 0.717) is 0 Å². The molecule has 0 spiro atoms. The lowest BCUT2D eigenvalue weighted by Crippen LogP contribution is -2.12. The molecule has 0 aromatic rings. The summed E-state index contributed by atoms with van der Waals surface area (Å²) in [5, 5.41) is 0. The van der Waals surface area contributed by atoms with Crippen LogP contribution in [0.4, 0.5) is 0 Å². The molecule has 0 N–H and O–H groups in total. The Hall–Kier alpha value is -0.480. The van der Waals surface area contributed by atoms with Gasteiger partial charge in [-0.15, -0.1) is 0 Å². The fourth-order valence-electron chi connectivity index (χ4n) is 0.641. The first-order chi connectivity index (χ1) is 4.27. The molecule has 1 heteroatoms. The van der Waals surface area contributed by atoms with Gasteiger partial charge >= 0.3 is 0 Å². The first kappa shape index (κ1) is 8.52. The largest absolute Gasteiger partial charge is 0.309 e. The van der Waals surface area contributed by atoms with Crippen LogP contribution in [0.25, 0.3) is 0 Å². The molecule has 0 atom stereocenters. The molecular weight excluding hydrogens is 110 g/mol. The second-order valence-electron chi connectivity index (χ2n) is 2.44. The molecule has 1 radical (unpaired) electrons. The van der Waals surface area contributed by atoms with Gasteiger partial charge in [0.05, 0.1) is 0 Å². The van der Waals surface area contributed by atoms with E-state index in [9.17, 15) is 0 Å². The summed E-state index contributed by atoms with van der Waals surface area (Å²) in [4.78, 5) is 2.16. The summed E-state index contributed by atoms with van der Waals surface area (Å²) in [5.41, 5.74) is 0. The third-order valence-electron chi connectivity index (χ3n) is 1.16. The summed E-state index contributed by atoms with van der Waals surface area (Å²) in [5.74, 6) is 2.37. The van der Waals surface area contributed by atoms with Gasteiger partial charge in [-0.05, 0) is 39.9 Å². The van der Waals surface area contributed by atoms with E-state index in [0.717, 1.165) is 19.4 Å². The van der Waals surface area contributed by atoms with E-state index in [-0.39, 0.29) is 0 Å². The summed E-state index contributed by atoms with van der Waals surface area (Å²) in [6.07, 6.45) is 9.72. The van der Waals surface area contributed by atoms with Gasteiger partial charge in [0.1, 0.15) is 0 Å². The van der Waals surface area contributed by atoms with Gasteiger partial charge in [-0.25, -0.2) is 0 Å². The van der Waals surface area contributed by atoms with Crippen molar-refractivity contribution in [3.8, 4) is 5.92 Å². The summed E-state index contributed by atoms with van der Waals surface area (Å²) in [7, 11) is 4.13. The number of rotatable bonds is 4. The molecule has 9 heavy (non-hydrogen) atoms. The molecule has 0 rings (SSSR count). The number of unbranched alkanes of at least 4 members (excludes halogenated alkanes) is 2. The Bertz CT molecular complexity index is 89.2. The van der Waals surface area contributed by atoms with E-state index in [4.69, 9.17) is 6.42 Å². The van der Waals surface area contributed by atoms with Crippen LogP contribution < -0.4 is 0 Å². The zero-order chi connectivity index (χ0) is 7.11. The van der Waals surface area contributed by atoms with Crippen molar-refractivity contribution in [1.29, 1.82) is 0 Å². The van der Waals surface area contributed by atoms with E-state index in [1.165, 1.54) is 6.42 Å². The molecule has 0 fully saturated rings. The van der Waals surface area contributed by atoms with E-state index in [2.05, 4.69) is 24.9 Å². The van der Waals surface area contributed by atoms with E-state index < -0.39 is 0 Å². The maximum atomic E-state index is 6.62. The van der Waals surface area contributed by atoms with Crippen molar-refractivity contribution in [3.63, 3.8) is 0 Å². The number of nitrogens with zero attached hydrogens (tertiary/aromatic N) is 1. The zero-order valence-electron chi connectivity index (χ0n) is 6.28. The van der Waals surface area contributed by atoms with Crippen LogP contribution in [0.1, 0.15) is 19.3 Å². The van der Waals surface area contributed by atoms with Crippen LogP contribution >= 0.6 is 0 Å². The Morgan fingerprint density at radius 2 is 2.00 bits per heavy atom. The summed E-state index contributed by atoms with van der Waals surface area (Å²) in [6.45, 7) is 1.13. The van der Waals surface area contributed by atoms with Gasteiger partial charge in [0.2, 0.25) is 0 Å². The third-order valence-corrected chi connectivity index (χ3v) is 1.16. The van der Waals surface area contributed by atoms with Gasteiger partial charge in [-0.2, -0.15) is 0 Å². The molecular formula is C8H14N. The molecule has 0 aliphatic heterocycles. The van der Waals surface area contributed by atoms with Crippen molar-refractivity contribution >= 4 is 0 Å². The highest BCUT2D eigenvalue weighted by Gasteiger charge is 1.87. The number of hydrogen-bond donors (Lipinski definition) is 0. The Morgan fingerprint density at radius 1 is 1.33 bits per heavy atom. The van der Waals surface area contributed by atoms with Gasteiger partial charge in [-0.1, -0.05) is 5.92 Å². The van der Waals surface area contributed by atoms with Crippen molar-refractivity contribution < 1.29 is 0 Å². The molecule has 51 valence electrons. The van der Waals surface area contributed by atoms with Crippen LogP contribution in [0, 0.1) is 12.3 Å². The molecule has 0 saturated carbocycles. The molecule has 0 aliphatic carbocycles. The van der Waals surface area contributed by atoms with E-state index >= 15 is 0 Å². The lowest BCUT2D eigenvalue weighted by atomic mass is 10.2. The zero-order valence-corrected chi connectivity index (χ0v) is 6.28. The third kappa shape index (κ3) is 7.52. The van der Waals surface area contributed by atoms with Crippen molar-refractivity contribution in [3.05, 3.63) is 6.42 Å². The SMILES string of the molecule is [C]#CCCCCN(C)C. The van der Waals surface area contributed by atoms with Crippen molar-refractivity contribution in [1.82, 2.24) is 4.90 Å². The van der Waals surface area contributed by atoms with Crippen LogP contribution in [0.2, 0.25) is 0 Å². The topological polar surface area (TPSA) is 3.24 Å². The van der Waals surface area contributed by atoms with Gasteiger partial charge < -0.3 is 4.90 Å². The molecule has 0 heterocycles. The highest BCUT2D eigenvalue weighted by molar-refractivity contribution is 4.74. The lowest BCUT2D eigenvalue weighted by Gasteiger charge is -2.06. The van der Waals surface area contributed by atoms with Crippen molar-refractivity contribution in [2.24, 2.45) is 0 Å². The quantitative estimate of drug-likeness (QED) is 0.403. The minimum atomic E-state index is 0.813. The molecule has 1 nitrogen and oxygen atoms in total. The second kappa shape index (κ2) is 5.65. The van der Waals surface area contributed by atoms with Crippen molar-refractivity contribution in [2.75, 3.05) is 20.6 Å². The molecule has 0 saturated heterocycles. The fourth-order valence-corrected chi connectivity index (χ4v) is 0.641. The van der Waals surface area contributed by atoms with Gasteiger partial charge in [0.15, 0.2) is 0 Å². The minimum absolute atomic E-state index is 0.813. The predicted octanol–water partition coefficient (Wildman–Crippen LogP) is 1.31. The first-order valence-electron chi connectivity index (χ1n) is 3.31. The average molecular weight is 124 g/mol. The normalized spacial score (nSPS) is 9.56. The highest BCUT2D eigenvalue weighted by Crippen LogP contribution is 1.93. The molecule has 0 bridgehead atoms. The van der Waals surface area contributed by atoms with Crippen LogP contribution in [0.15, 0.2) is 0 Å². The van der Waals surface area contributed by atoms with Gasteiger partial charge in [0.25, 0.3) is 0 Å². The minimum Gasteiger partial charge on any atom is -0.309 e. The maximum Gasteiger partial charge on any atom is 0.00994 e.